The zero-order valence-electron chi connectivity index (χ0n) is 14.3. The molecule has 6 nitrogen and oxygen atoms in total. The first-order valence-corrected chi connectivity index (χ1v) is 8.87. The number of ether oxygens (including phenoxy) is 1. The number of carbonyl (C=O) groups excluding carboxylic acids is 1. The Morgan fingerprint density at radius 2 is 1.73 bits per heavy atom. The molecule has 26 heavy (non-hydrogen) atoms. The van der Waals surface area contributed by atoms with Gasteiger partial charge in [-0.05, 0) is 49.9 Å². The van der Waals surface area contributed by atoms with Crippen molar-refractivity contribution in [3.05, 3.63) is 60.6 Å². The lowest BCUT2D eigenvalue weighted by Gasteiger charge is -2.29. The predicted octanol–water partition coefficient (Wildman–Crippen LogP) is 3.14. The SMILES string of the molecule is O=C(NC1CCC(Oc2ccccn2)CC1)c1ccc2nccnc2c1. The van der Waals surface area contributed by atoms with E-state index in [-0.39, 0.29) is 18.1 Å². The van der Waals surface area contributed by atoms with Crippen LogP contribution in [0.5, 0.6) is 5.88 Å². The van der Waals surface area contributed by atoms with Crippen LogP contribution in [0.4, 0.5) is 0 Å². The van der Waals surface area contributed by atoms with E-state index in [0.717, 1.165) is 36.7 Å². The first kappa shape index (κ1) is 16.4. The number of pyridine rings is 1. The second-order valence-corrected chi connectivity index (χ2v) is 6.49. The van der Waals surface area contributed by atoms with Crippen molar-refractivity contribution in [2.45, 2.75) is 37.8 Å². The van der Waals surface area contributed by atoms with Gasteiger partial charge in [-0.3, -0.25) is 14.8 Å². The van der Waals surface area contributed by atoms with Crippen molar-refractivity contribution in [3.63, 3.8) is 0 Å². The van der Waals surface area contributed by atoms with Gasteiger partial charge in [-0.25, -0.2) is 4.98 Å². The summed E-state index contributed by atoms with van der Waals surface area (Å²) >= 11 is 0. The number of fused-ring (bicyclic) bond motifs is 1. The van der Waals surface area contributed by atoms with E-state index in [4.69, 9.17) is 4.74 Å². The minimum atomic E-state index is -0.0633. The van der Waals surface area contributed by atoms with E-state index >= 15 is 0 Å². The maximum Gasteiger partial charge on any atom is 0.251 e. The van der Waals surface area contributed by atoms with Crippen LogP contribution in [0.2, 0.25) is 0 Å². The number of hydrogen-bond donors (Lipinski definition) is 1. The highest BCUT2D eigenvalue weighted by Gasteiger charge is 2.24. The van der Waals surface area contributed by atoms with Crippen LogP contribution < -0.4 is 10.1 Å². The Hall–Kier alpha value is -3.02. The van der Waals surface area contributed by atoms with E-state index in [1.165, 1.54) is 0 Å². The molecule has 2 heterocycles. The number of aromatic nitrogens is 3. The van der Waals surface area contributed by atoms with E-state index in [1.54, 1.807) is 30.7 Å². The van der Waals surface area contributed by atoms with E-state index in [1.807, 2.05) is 24.3 Å². The normalized spacial score (nSPS) is 19.8. The molecule has 1 aliphatic rings. The second kappa shape index (κ2) is 7.47. The number of benzene rings is 1. The number of nitrogens with zero attached hydrogens (tertiary/aromatic N) is 3. The molecule has 0 saturated heterocycles. The molecule has 6 heteroatoms. The molecule has 1 aromatic carbocycles. The number of nitrogens with one attached hydrogen (secondary N) is 1. The highest BCUT2D eigenvalue weighted by atomic mass is 16.5. The van der Waals surface area contributed by atoms with Gasteiger partial charge in [0.15, 0.2) is 0 Å². The quantitative estimate of drug-likeness (QED) is 0.784. The molecule has 2 aromatic heterocycles. The highest BCUT2D eigenvalue weighted by Crippen LogP contribution is 2.23. The Bertz CT molecular complexity index is 892. The summed E-state index contributed by atoms with van der Waals surface area (Å²) in [6.45, 7) is 0. The largest absolute Gasteiger partial charge is 0.474 e. The molecular formula is C20H20N4O2. The zero-order valence-corrected chi connectivity index (χ0v) is 14.3. The first-order valence-electron chi connectivity index (χ1n) is 8.87. The molecule has 0 radical (unpaired) electrons. The van der Waals surface area contributed by atoms with Gasteiger partial charge in [-0.1, -0.05) is 6.07 Å². The zero-order chi connectivity index (χ0) is 17.8. The summed E-state index contributed by atoms with van der Waals surface area (Å²) in [7, 11) is 0. The number of carbonyl (C=O) groups is 1. The van der Waals surface area contributed by atoms with Crippen molar-refractivity contribution >= 4 is 16.9 Å². The molecule has 0 spiro atoms. The summed E-state index contributed by atoms with van der Waals surface area (Å²) in [6.07, 6.45) is 8.78. The summed E-state index contributed by atoms with van der Waals surface area (Å²) in [6, 6.07) is 11.2. The van der Waals surface area contributed by atoms with Crippen LogP contribution >= 0.6 is 0 Å². The lowest BCUT2D eigenvalue weighted by molar-refractivity contribution is 0.0890. The van der Waals surface area contributed by atoms with Gasteiger partial charge < -0.3 is 10.1 Å². The molecule has 4 rings (SSSR count). The predicted molar refractivity (Wildman–Crippen MR) is 97.9 cm³/mol. The van der Waals surface area contributed by atoms with E-state index in [0.29, 0.717) is 11.4 Å². The fourth-order valence-electron chi connectivity index (χ4n) is 3.29. The fraction of sp³-hybridized carbons (Fsp3) is 0.300. The Morgan fingerprint density at radius 1 is 0.923 bits per heavy atom. The minimum absolute atomic E-state index is 0.0633. The molecule has 0 aliphatic heterocycles. The highest BCUT2D eigenvalue weighted by molar-refractivity contribution is 5.97. The molecule has 1 amide bonds. The van der Waals surface area contributed by atoms with Gasteiger partial charge in [0.2, 0.25) is 5.88 Å². The van der Waals surface area contributed by atoms with Crippen LogP contribution in [0.25, 0.3) is 11.0 Å². The van der Waals surface area contributed by atoms with Crippen LogP contribution in [0.1, 0.15) is 36.0 Å². The van der Waals surface area contributed by atoms with Gasteiger partial charge in [-0.15, -0.1) is 0 Å². The van der Waals surface area contributed by atoms with E-state index in [9.17, 15) is 4.79 Å². The van der Waals surface area contributed by atoms with Gasteiger partial charge in [0, 0.05) is 36.3 Å². The Labute approximate surface area is 151 Å². The van der Waals surface area contributed by atoms with Crippen molar-refractivity contribution in [2.75, 3.05) is 0 Å². The second-order valence-electron chi connectivity index (χ2n) is 6.49. The minimum Gasteiger partial charge on any atom is -0.474 e. The monoisotopic (exact) mass is 348 g/mol. The van der Waals surface area contributed by atoms with Crippen molar-refractivity contribution in [1.82, 2.24) is 20.3 Å². The van der Waals surface area contributed by atoms with Gasteiger partial charge >= 0.3 is 0 Å². The number of hydrogen-bond acceptors (Lipinski definition) is 5. The Morgan fingerprint density at radius 3 is 2.50 bits per heavy atom. The number of amides is 1. The molecule has 1 fully saturated rings. The first-order chi connectivity index (χ1) is 12.8. The summed E-state index contributed by atoms with van der Waals surface area (Å²) in [5.41, 5.74) is 2.13. The Kier molecular flexibility index (Phi) is 4.73. The van der Waals surface area contributed by atoms with Crippen molar-refractivity contribution < 1.29 is 9.53 Å². The van der Waals surface area contributed by atoms with Crippen molar-refractivity contribution in [2.24, 2.45) is 0 Å². The third-order valence-electron chi connectivity index (χ3n) is 4.67. The molecule has 132 valence electrons. The molecule has 0 unspecified atom stereocenters. The summed E-state index contributed by atoms with van der Waals surface area (Å²) in [5.74, 6) is 0.601. The third-order valence-corrected chi connectivity index (χ3v) is 4.67. The van der Waals surface area contributed by atoms with Crippen LogP contribution in [0.3, 0.4) is 0 Å². The van der Waals surface area contributed by atoms with Gasteiger partial charge in [0.1, 0.15) is 6.10 Å². The maximum atomic E-state index is 12.5. The van der Waals surface area contributed by atoms with Gasteiger partial charge in [-0.2, -0.15) is 0 Å². The van der Waals surface area contributed by atoms with Crippen LogP contribution in [0, 0.1) is 0 Å². The fourth-order valence-corrected chi connectivity index (χ4v) is 3.29. The van der Waals surface area contributed by atoms with E-state index in [2.05, 4.69) is 20.3 Å². The summed E-state index contributed by atoms with van der Waals surface area (Å²) in [4.78, 5) is 25.2. The lowest BCUT2D eigenvalue weighted by atomic mass is 9.92. The van der Waals surface area contributed by atoms with Crippen LogP contribution in [-0.2, 0) is 0 Å². The van der Waals surface area contributed by atoms with Crippen LogP contribution in [-0.4, -0.2) is 33.0 Å². The number of rotatable bonds is 4. The average Bonchev–Trinajstić information content (AvgIpc) is 2.70. The van der Waals surface area contributed by atoms with Gasteiger partial charge in [0.25, 0.3) is 5.91 Å². The smallest absolute Gasteiger partial charge is 0.251 e. The molecular weight excluding hydrogens is 328 g/mol. The standard InChI is InChI=1S/C20H20N4O2/c25-20(14-4-9-17-18(13-14)22-12-11-21-17)24-15-5-7-16(8-6-15)26-19-3-1-2-10-23-19/h1-4,9-13,15-16H,5-8H2,(H,24,25). The maximum absolute atomic E-state index is 12.5. The molecule has 3 aromatic rings. The topological polar surface area (TPSA) is 77.0 Å². The molecule has 0 atom stereocenters. The van der Waals surface area contributed by atoms with Crippen molar-refractivity contribution in [3.8, 4) is 5.88 Å². The third kappa shape index (κ3) is 3.79. The average molecular weight is 348 g/mol. The Balaban J connectivity index is 1.32. The molecule has 0 bridgehead atoms. The van der Waals surface area contributed by atoms with Crippen molar-refractivity contribution in [1.29, 1.82) is 0 Å². The van der Waals surface area contributed by atoms with E-state index < -0.39 is 0 Å². The summed E-state index contributed by atoms with van der Waals surface area (Å²) < 4.78 is 5.90. The molecule has 1 aliphatic carbocycles. The lowest BCUT2D eigenvalue weighted by Crippen LogP contribution is -2.39. The molecule has 1 saturated carbocycles. The molecule has 1 N–H and O–H groups in total. The van der Waals surface area contributed by atoms with Gasteiger partial charge in [0.05, 0.1) is 11.0 Å². The van der Waals surface area contributed by atoms with Crippen LogP contribution in [0.15, 0.2) is 55.0 Å². The summed E-state index contributed by atoms with van der Waals surface area (Å²) in [5, 5.41) is 3.13.